The third-order valence-corrected chi connectivity index (χ3v) is 2.68. The molecule has 0 aliphatic carbocycles. The second-order valence-electron chi connectivity index (χ2n) is 4.76. The SMILES string of the molecule is CC(CC(=O)O)CC(=O)NC(=O)NCc1ccc(F)cc1. The zero-order valence-corrected chi connectivity index (χ0v) is 11.6. The first-order chi connectivity index (χ1) is 9.86. The molecule has 0 saturated carbocycles. The van der Waals surface area contributed by atoms with Crippen molar-refractivity contribution in [1.82, 2.24) is 10.6 Å². The van der Waals surface area contributed by atoms with Crippen LogP contribution in [0.15, 0.2) is 24.3 Å². The summed E-state index contributed by atoms with van der Waals surface area (Å²) in [6.07, 6.45) is -0.180. The molecule has 1 unspecified atom stereocenters. The largest absolute Gasteiger partial charge is 0.481 e. The molecule has 6 nitrogen and oxygen atoms in total. The van der Waals surface area contributed by atoms with Crippen LogP contribution in [0.3, 0.4) is 0 Å². The van der Waals surface area contributed by atoms with Crippen molar-refractivity contribution < 1.29 is 23.9 Å². The maximum Gasteiger partial charge on any atom is 0.321 e. The van der Waals surface area contributed by atoms with Crippen LogP contribution in [0.5, 0.6) is 0 Å². The molecule has 3 N–H and O–H groups in total. The highest BCUT2D eigenvalue weighted by Gasteiger charge is 2.14. The van der Waals surface area contributed by atoms with Crippen molar-refractivity contribution in [3.05, 3.63) is 35.6 Å². The van der Waals surface area contributed by atoms with E-state index in [1.807, 2.05) is 0 Å². The number of hydrogen-bond acceptors (Lipinski definition) is 3. The number of amides is 3. The summed E-state index contributed by atoms with van der Waals surface area (Å²) in [5.74, 6) is -2.25. The first-order valence-electron chi connectivity index (χ1n) is 6.40. The van der Waals surface area contributed by atoms with Gasteiger partial charge in [0.1, 0.15) is 5.82 Å². The number of benzene rings is 1. The van der Waals surface area contributed by atoms with Gasteiger partial charge < -0.3 is 10.4 Å². The number of nitrogens with one attached hydrogen (secondary N) is 2. The Morgan fingerprint density at radius 3 is 2.38 bits per heavy atom. The van der Waals surface area contributed by atoms with Crippen molar-refractivity contribution in [3.63, 3.8) is 0 Å². The Bertz CT molecular complexity index is 516. The average molecular weight is 296 g/mol. The van der Waals surface area contributed by atoms with Crippen LogP contribution >= 0.6 is 0 Å². The number of urea groups is 1. The molecule has 0 aliphatic rings. The van der Waals surface area contributed by atoms with Crippen LogP contribution in [0.2, 0.25) is 0 Å². The van der Waals surface area contributed by atoms with Crippen LogP contribution in [0.4, 0.5) is 9.18 Å². The van der Waals surface area contributed by atoms with Crippen molar-refractivity contribution in [2.45, 2.75) is 26.3 Å². The Kier molecular flexibility index (Phi) is 6.32. The van der Waals surface area contributed by atoms with Crippen LogP contribution in [-0.2, 0) is 16.1 Å². The molecule has 0 bridgehead atoms. The summed E-state index contributed by atoms with van der Waals surface area (Å²) in [6, 6.07) is 4.91. The van der Waals surface area contributed by atoms with Crippen molar-refractivity contribution in [2.75, 3.05) is 0 Å². The molecule has 0 heterocycles. The van der Waals surface area contributed by atoms with E-state index in [0.717, 1.165) is 0 Å². The van der Waals surface area contributed by atoms with Gasteiger partial charge in [0.2, 0.25) is 5.91 Å². The van der Waals surface area contributed by atoms with Gasteiger partial charge in [0.15, 0.2) is 0 Å². The standard InChI is InChI=1S/C14H17FN2O4/c1-9(7-13(19)20)6-12(18)17-14(21)16-8-10-2-4-11(15)5-3-10/h2-5,9H,6-8H2,1H3,(H,19,20)(H2,16,17,18,21). The molecule has 1 rings (SSSR count). The first kappa shape index (κ1) is 16.6. The van der Waals surface area contributed by atoms with Crippen molar-refractivity contribution in [3.8, 4) is 0 Å². The Hall–Kier alpha value is -2.44. The van der Waals surface area contributed by atoms with Gasteiger partial charge >= 0.3 is 12.0 Å². The summed E-state index contributed by atoms with van der Waals surface area (Å²) in [6.45, 7) is 1.77. The normalized spacial score (nSPS) is 11.5. The van der Waals surface area contributed by atoms with Gasteiger partial charge in [0.05, 0.1) is 0 Å². The lowest BCUT2D eigenvalue weighted by Crippen LogP contribution is -2.39. The quantitative estimate of drug-likeness (QED) is 0.744. The van der Waals surface area contributed by atoms with E-state index in [2.05, 4.69) is 10.6 Å². The van der Waals surface area contributed by atoms with Gasteiger partial charge in [-0.15, -0.1) is 0 Å². The Balaban J connectivity index is 2.31. The Morgan fingerprint density at radius 1 is 1.19 bits per heavy atom. The molecule has 21 heavy (non-hydrogen) atoms. The molecular weight excluding hydrogens is 279 g/mol. The molecule has 1 aromatic rings. The minimum Gasteiger partial charge on any atom is -0.481 e. The molecule has 3 amide bonds. The number of imide groups is 1. The van der Waals surface area contributed by atoms with Gasteiger partial charge in [-0.3, -0.25) is 14.9 Å². The van der Waals surface area contributed by atoms with Crippen LogP contribution < -0.4 is 10.6 Å². The number of halogens is 1. The molecule has 114 valence electrons. The van der Waals surface area contributed by atoms with Gasteiger partial charge in [0.25, 0.3) is 0 Å². The number of rotatable bonds is 6. The molecule has 0 spiro atoms. The van der Waals surface area contributed by atoms with Gasteiger partial charge in [-0.25, -0.2) is 9.18 Å². The molecule has 0 fully saturated rings. The second kappa shape index (κ2) is 7.98. The number of carbonyl (C=O) groups excluding carboxylic acids is 2. The lowest BCUT2D eigenvalue weighted by atomic mass is 10.0. The number of carboxylic acids is 1. The minimum absolute atomic E-state index is 0.0454. The minimum atomic E-state index is -0.990. The molecule has 7 heteroatoms. The zero-order valence-electron chi connectivity index (χ0n) is 11.6. The molecular formula is C14H17FN2O4. The monoisotopic (exact) mass is 296 g/mol. The highest BCUT2D eigenvalue weighted by Crippen LogP contribution is 2.06. The van der Waals surface area contributed by atoms with Crippen LogP contribution in [0, 0.1) is 11.7 Å². The van der Waals surface area contributed by atoms with Crippen LogP contribution in [-0.4, -0.2) is 23.0 Å². The summed E-state index contributed by atoms with van der Waals surface area (Å²) >= 11 is 0. The predicted molar refractivity (Wildman–Crippen MR) is 72.8 cm³/mol. The third kappa shape index (κ3) is 7.05. The van der Waals surface area contributed by atoms with Crippen LogP contribution in [0.1, 0.15) is 25.3 Å². The van der Waals surface area contributed by atoms with E-state index in [0.29, 0.717) is 5.56 Å². The molecule has 1 aromatic carbocycles. The fourth-order valence-corrected chi connectivity index (χ4v) is 1.69. The molecule has 1 atom stereocenters. The molecule has 0 saturated heterocycles. The lowest BCUT2D eigenvalue weighted by Gasteiger charge is -2.09. The van der Waals surface area contributed by atoms with Gasteiger partial charge in [0, 0.05) is 19.4 Å². The third-order valence-electron chi connectivity index (χ3n) is 2.68. The highest BCUT2D eigenvalue weighted by molar-refractivity contribution is 5.94. The van der Waals surface area contributed by atoms with Crippen molar-refractivity contribution in [2.24, 2.45) is 5.92 Å². The fourth-order valence-electron chi connectivity index (χ4n) is 1.69. The van der Waals surface area contributed by atoms with Crippen molar-refractivity contribution in [1.29, 1.82) is 0 Å². The summed E-state index contributed by atoms with van der Waals surface area (Å²) in [5.41, 5.74) is 0.693. The van der Waals surface area contributed by atoms with Crippen LogP contribution in [0.25, 0.3) is 0 Å². The van der Waals surface area contributed by atoms with Crippen molar-refractivity contribution >= 4 is 17.9 Å². The maximum absolute atomic E-state index is 12.7. The number of aliphatic carboxylic acids is 1. The van der Waals surface area contributed by atoms with E-state index in [9.17, 15) is 18.8 Å². The van der Waals surface area contributed by atoms with E-state index < -0.39 is 17.9 Å². The van der Waals surface area contributed by atoms with E-state index in [1.165, 1.54) is 24.3 Å². The number of hydrogen-bond donors (Lipinski definition) is 3. The molecule has 0 aromatic heterocycles. The predicted octanol–water partition coefficient (Wildman–Crippen LogP) is 1.65. The van der Waals surface area contributed by atoms with E-state index in [4.69, 9.17) is 5.11 Å². The fraction of sp³-hybridized carbons (Fsp3) is 0.357. The van der Waals surface area contributed by atoms with Gasteiger partial charge in [-0.2, -0.15) is 0 Å². The topological polar surface area (TPSA) is 95.5 Å². The number of carboxylic acid groups (broad SMARTS) is 1. The average Bonchev–Trinajstić information content (AvgIpc) is 2.36. The van der Waals surface area contributed by atoms with E-state index in [-0.39, 0.29) is 31.1 Å². The van der Waals surface area contributed by atoms with Gasteiger partial charge in [-0.05, 0) is 23.6 Å². The smallest absolute Gasteiger partial charge is 0.321 e. The lowest BCUT2D eigenvalue weighted by molar-refractivity contribution is -0.138. The maximum atomic E-state index is 12.7. The first-order valence-corrected chi connectivity index (χ1v) is 6.40. The molecule has 0 radical (unpaired) electrons. The Labute approximate surface area is 121 Å². The van der Waals surface area contributed by atoms with E-state index in [1.54, 1.807) is 6.92 Å². The van der Waals surface area contributed by atoms with Gasteiger partial charge in [-0.1, -0.05) is 19.1 Å². The Morgan fingerprint density at radius 2 is 1.81 bits per heavy atom. The second-order valence-corrected chi connectivity index (χ2v) is 4.76. The molecule has 0 aliphatic heterocycles. The summed E-state index contributed by atoms with van der Waals surface area (Å²) in [4.78, 5) is 33.4. The zero-order chi connectivity index (χ0) is 15.8. The summed E-state index contributed by atoms with van der Waals surface area (Å²) in [7, 11) is 0. The summed E-state index contributed by atoms with van der Waals surface area (Å²) < 4.78 is 12.7. The number of carbonyl (C=O) groups is 3. The van der Waals surface area contributed by atoms with E-state index >= 15 is 0 Å². The highest BCUT2D eigenvalue weighted by atomic mass is 19.1. The summed E-state index contributed by atoms with van der Waals surface area (Å²) in [5, 5.41) is 13.1.